The van der Waals surface area contributed by atoms with Crippen molar-refractivity contribution in [3.63, 3.8) is 0 Å². The molecule has 0 aromatic rings. The van der Waals surface area contributed by atoms with Gasteiger partial charge >= 0.3 is 0 Å². The molecule has 0 radical (unpaired) electrons. The number of carbonyl (C=O) groups excluding carboxylic acids is 1. The number of likely N-dealkylation sites (tertiary alicyclic amines) is 1. The molecule has 124 valence electrons. The molecule has 4 fully saturated rings. The van der Waals surface area contributed by atoms with Crippen LogP contribution in [0.25, 0.3) is 0 Å². The van der Waals surface area contributed by atoms with Crippen molar-refractivity contribution < 1.29 is 17.9 Å². The van der Waals surface area contributed by atoms with Gasteiger partial charge in [0.15, 0.2) is 9.84 Å². The number of carbonyl (C=O) groups is 1. The molecule has 2 saturated heterocycles. The molecule has 0 aromatic carbocycles. The molecule has 1 spiro atoms. The predicted octanol–water partition coefficient (Wildman–Crippen LogP) is 1.08. The minimum Gasteiger partial charge on any atom is -0.381 e. The lowest BCUT2D eigenvalue weighted by molar-refractivity contribution is -0.139. The first-order chi connectivity index (χ1) is 10.4. The smallest absolute Gasteiger partial charge is 0.226 e. The van der Waals surface area contributed by atoms with E-state index in [1.165, 1.54) is 12.8 Å². The van der Waals surface area contributed by atoms with Gasteiger partial charge < -0.3 is 9.64 Å². The summed E-state index contributed by atoms with van der Waals surface area (Å²) in [7, 11) is -3.09. The second-order valence-electron chi connectivity index (χ2n) is 7.86. The predicted molar refractivity (Wildman–Crippen MR) is 82.0 cm³/mol. The van der Waals surface area contributed by atoms with Crippen LogP contribution in [0.1, 0.15) is 32.6 Å². The summed E-state index contributed by atoms with van der Waals surface area (Å²) < 4.78 is 30.1. The van der Waals surface area contributed by atoms with Crippen LogP contribution in [0.3, 0.4) is 0 Å². The maximum absolute atomic E-state index is 12.5. The van der Waals surface area contributed by atoms with Crippen molar-refractivity contribution >= 4 is 15.7 Å². The van der Waals surface area contributed by atoms with Gasteiger partial charge in [0.05, 0.1) is 12.4 Å². The van der Waals surface area contributed by atoms with E-state index in [1.807, 2.05) is 0 Å². The van der Waals surface area contributed by atoms with Crippen LogP contribution in [0.4, 0.5) is 0 Å². The van der Waals surface area contributed by atoms with E-state index in [0.29, 0.717) is 38.0 Å². The summed E-state index contributed by atoms with van der Waals surface area (Å²) in [5, 5.41) is 0. The zero-order valence-electron chi connectivity index (χ0n) is 13.2. The minimum atomic E-state index is -3.09. The van der Waals surface area contributed by atoms with Crippen LogP contribution in [-0.4, -0.2) is 56.0 Å². The monoisotopic (exact) mass is 327 g/mol. The quantitative estimate of drug-likeness (QED) is 0.758. The van der Waals surface area contributed by atoms with Gasteiger partial charge in [0, 0.05) is 31.5 Å². The second-order valence-corrected chi connectivity index (χ2v) is 10.3. The van der Waals surface area contributed by atoms with Gasteiger partial charge in [-0.1, -0.05) is 6.92 Å². The van der Waals surface area contributed by atoms with Gasteiger partial charge in [-0.15, -0.1) is 0 Å². The van der Waals surface area contributed by atoms with Crippen molar-refractivity contribution in [1.29, 1.82) is 0 Å². The third kappa shape index (κ3) is 2.30. The Kier molecular flexibility index (Phi) is 3.35. The molecule has 2 heterocycles. The van der Waals surface area contributed by atoms with Gasteiger partial charge in [-0.25, -0.2) is 8.42 Å². The normalized spacial score (nSPS) is 38.0. The van der Waals surface area contributed by atoms with Crippen molar-refractivity contribution in [2.24, 2.45) is 23.7 Å². The van der Waals surface area contributed by atoms with Crippen LogP contribution in [0.2, 0.25) is 0 Å². The van der Waals surface area contributed by atoms with E-state index in [4.69, 9.17) is 4.74 Å². The molecule has 0 unspecified atom stereocenters. The van der Waals surface area contributed by atoms with Crippen molar-refractivity contribution in [2.45, 2.75) is 37.4 Å². The Labute approximate surface area is 132 Å². The molecule has 0 aromatic heterocycles. The largest absolute Gasteiger partial charge is 0.381 e. The van der Waals surface area contributed by atoms with Crippen LogP contribution in [0.15, 0.2) is 0 Å². The van der Waals surface area contributed by atoms with Gasteiger partial charge in [0.1, 0.15) is 4.75 Å². The number of hydrogen-bond donors (Lipinski definition) is 0. The molecule has 4 aliphatic rings. The average Bonchev–Trinajstić information content (AvgIpc) is 3.30. The number of amides is 1. The summed E-state index contributed by atoms with van der Waals surface area (Å²) in [6.45, 7) is 4.19. The first-order valence-corrected chi connectivity index (χ1v) is 10.2. The summed E-state index contributed by atoms with van der Waals surface area (Å²) in [6, 6.07) is 0. The van der Waals surface area contributed by atoms with Crippen molar-refractivity contribution in [3.05, 3.63) is 0 Å². The maximum Gasteiger partial charge on any atom is 0.226 e. The van der Waals surface area contributed by atoms with E-state index in [-0.39, 0.29) is 23.5 Å². The minimum absolute atomic E-state index is 0.0666. The molecule has 0 N–H and O–H groups in total. The Balaban J connectivity index is 1.39. The lowest BCUT2D eigenvalue weighted by Crippen LogP contribution is -2.69. The SMILES string of the molecule is C[C@@H]1C[C@@H]1C(=O)N1CC2(C1)[C@@H](COCC1CC1)CCS2(=O)=O. The molecule has 0 bridgehead atoms. The van der Waals surface area contributed by atoms with Crippen LogP contribution in [-0.2, 0) is 19.4 Å². The van der Waals surface area contributed by atoms with Crippen LogP contribution < -0.4 is 0 Å². The molecule has 3 atom stereocenters. The summed E-state index contributed by atoms with van der Waals surface area (Å²) in [6.07, 6.45) is 4.14. The number of hydrogen-bond acceptors (Lipinski definition) is 4. The summed E-state index contributed by atoms with van der Waals surface area (Å²) in [5.41, 5.74) is 0. The Morgan fingerprint density at radius 1 is 1.23 bits per heavy atom. The molecule has 6 heteroatoms. The zero-order chi connectivity index (χ0) is 15.5. The molecule has 5 nitrogen and oxygen atoms in total. The molecule has 4 rings (SSSR count). The van der Waals surface area contributed by atoms with Crippen LogP contribution >= 0.6 is 0 Å². The highest BCUT2D eigenvalue weighted by molar-refractivity contribution is 7.93. The fourth-order valence-corrected chi connectivity index (χ4v) is 6.43. The highest BCUT2D eigenvalue weighted by Gasteiger charge is 2.63. The maximum atomic E-state index is 12.5. The lowest BCUT2D eigenvalue weighted by Gasteiger charge is -2.50. The van der Waals surface area contributed by atoms with Gasteiger partial charge in [0.25, 0.3) is 0 Å². The Bertz CT molecular complexity index is 577. The van der Waals surface area contributed by atoms with E-state index in [1.54, 1.807) is 4.90 Å². The molecule has 2 aliphatic carbocycles. The van der Waals surface area contributed by atoms with Gasteiger partial charge in [-0.05, 0) is 37.5 Å². The van der Waals surface area contributed by atoms with E-state index in [9.17, 15) is 13.2 Å². The lowest BCUT2D eigenvalue weighted by atomic mass is 9.83. The first kappa shape index (κ1) is 14.9. The Morgan fingerprint density at radius 3 is 2.50 bits per heavy atom. The molecule has 2 saturated carbocycles. The van der Waals surface area contributed by atoms with Gasteiger partial charge in [0.2, 0.25) is 5.91 Å². The molecular weight excluding hydrogens is 302 g/mol. The topological polar surface area (TPSA) is 63.7 Å². The van der Waals surface area contributed by atoms with Crippen molar-refractivity contribution in [1.82, 2.24) is 4.90 Å². The second kappa shape index (κ2) is 4.94. The fourth-order valence-electron chi connectivity index (χ4n) is 4.03. The number of nitrogens with zero attached hydrogens (tertiary/aromatic N) is 1. The van der Waals surface area contributed by atoms with E-state index < -0.39 is 14.6 Å². The molecule has 2 aliphatic heterocycles. The molecular formula is C16H25NO4S. The number of rotatable bonds is 5. The highest BCUT2D eigenvalue weighted by atomic mass is 32.2. The van der Waals surface area contributed by atoms with Crippen molar-refractivity contribution in [3.8, 4) is 0 Å². The highest BCUT2D eigenvalue weighted by Crippen LogP contribution is 2.48. The molecule has 1 amide bonds. The first-order valence-electron chi connectivity index (χ1n) is 8.52. The van der Waals surface area contributed by atoms with Crippen LogP contribution in [0, 0.1) is 23.7 Å². The Morgan fingerprint density at radius 2 is 1.91 bits per heavy atom. The Hall–Kier alpha value is -0.620. The standard InChI is InChI=1S/C16H25NO4S/c1-11-6-14(11)15(18)17-9-16(10-17)13(4-5-22(16,19)20)8-21-7-12-2-3-12/h11-14H,2-10H2,1H3/t11-,13-,14+/m1/s1. The van der Waals surface area contributed by atoms with Gasteiger partial charge in [-0.3, -0.25) is 4.79 Å². The number of ether oxygens (including phenoxy) is 1. The van der Waals surface area contributed by atoms with Gasteiger partial charge in [-0.2, -0.15) is 0 Å². The summed E-state index contributed by atoms with van der Waals surface area (Å²) in [4.78, 5) is 14.0. The fraction of sp³-hybridized carbons (Fsp3) is 0.938. The van der Waals surface area contributed by atoms with Crippen LogP contribution in [0.5, 0.6) is 0 Å². The molecule has 22 heavy (non-hydrogen) atoms. The van der Waals surface area contributed by atoms with E-state index >= 15 is 0 Å². The third-order valence-corrected chi connectivity index (χ3v) is 8.73. The number of sulfone groups is 1. The van der Waals surface area contributed by atoms with E-state index in [0.717, 1.165) is 13.0 Å². The van der Waals surface area contributed by atoms with Crippen molar-refractivity contribution in [2.75, 3.05) is 32.1 Å². The zero-order valence-corrected chi connectivity index (χ0v) is 14.0. The summed E-state index contributed by atoms with van der Waals surface area (Å²) in [5.74, 6) is 1.80. The van der Waals surface area contributed by atoms with E-state index in [2.05, 4.69) is 6.92 Å². The average molecular weight is 327 g/mol. The summed E-state index contributed by atoms with van der Waals surface area (Å²) >= 11 is 0. The third-order valence-electron chi connectivity index (χ3n) is 6.12.